The first-order valence-electron chi connectivity index (χ1n) is 6.15. The van der Waals surface area contributed by atoms with Crippen molar-refractivity contribution in [2.75, 3.05) is 38.1 Å². The quantitative estimate of drug-likeness (QED) is 0.779. The summed E-state index contributed by atoms with van der Waals surface area (Å²) in [6.07, 6.45) is 0. The lowest BCUT2D eigenvalue weighted by molar-refractivity contribution is 0.311. The Labute approximate surface area is 121 Å². The van der Waals surface area contributed by atoms with Crippen molar-refractivity contribution in [1.82, 2.24) is 14.9 Å². The summed E-state index contributed by atoms with van der Waals surface area (Å²) >= 11 is 9.64. The number of halogens is 2. The number of nitrogens with zero attached hydrogens (tertiary/aromatic N) is 4. The highest BCUT2D eigenvalue weighted by Crippen LogP contribution is 2.30. The highest BCUT2D eigenvalue weighted by molar-refractivity contribution is 9.10. The minimum Gasteiger partial charge on any atom is -0.338 e. The molecule has 0 amide bonds. The van der Waals surface area contributed by atoms with E-state index in [1.165, 1.54) is 0 Å². The van der Waals surface area contributed by atoms with Crippen molar-refractivity contribution in [3.05, 3.63) is 15.3 Å². The Morgan fingerprint density at radius 2 is 1.78 bits per heavy atom. The Morgan fingerprint density at radius 3 is 2.33 bits per heavy atom. The third-order valence-electron chi connectivity index (χ3n) is 3.16. The molecule has 1 aromatic heterocycles. The predicted molar refractivity (Wildman–Crippen MR) is 78.5 cm³/mol. The SMILES string of the molecule is CC(C)c1nc(N2CCN(C)CC2)nc(Cl)c1Br. The second-order valence-corrected chi connectivity index (χ2v) is 6.11. The molecule has 0 aromatic carbocycles. The number of rotatable bonds is 2. The molecule has 1 aliphatic rings. The van der Waals surface area contributed by atoms with Crippen LogP contribution in [0.4, 0.5) is 5.95 Å². The number of piperazine rings is 1. The minimum atomic E-state index is 0.325. The average Bonchev–Trinajstić information content (AvgIpc) is 2.33. The molecule has 1 saturated heterocycles. The molecule has 4 nitrogen and oxygen atoms in total. The lowest BCUT2D eigenvalue weighted by Gasteiger charge is -2.32. The van der Waals surface area contributed by atoms with Crippen LogP contribution in [0.15, 0.2) is 4.47 Å². The molecule has 0 radical (unpaired) electrons. The maximum Gasteiger partial charge on any atom is 0.227 e. The van der Waals surface area contributed by atoms with Gasteiger partial charge >= 0.3 is 0 Å². The van der Waals surface area contributed by atoms with Gasteiger partial charge in [-0.3, -0.25) is 0 Å². The number of hydrogen-bond donors (Lipinski definition) is 0. The molecule has 1 aliphatic heterocycles. The van der Waals surface area contributed by atoms with Gasteiger partial charge in [-0.2, -0.15) is 4.98 Å². The van der Waals surface area contributed by atoms with Gasteiger partial charge in [-0.25, -0.2) is 4.98 Å². The molecule has 1 fully saturated rings. The van der Waals surface area contributed by atoms with E-state index in [1.807, 2.05) is 0 Å². The van der Waals surface area contributed by atoms with Gasteiger partial charge in [0.05, 0.1) is 10.2 Å². The minimum absolute atomic E-state index is 0.325. The van der Waals surface area contributed by atoms with Crippen LogP contribution in [0.25, 0.3) is 0 Å². The molecule has 0 N–H and O–H groups in total. The van der Waals surface area contributed by atoms with Gasteiger partial charge in [0.2, 0.25) is 5.95 Å². The number of anilines is 1. The Kier molecular flexibility index (Phi) is 4.45. The Morgan fingerprint density at radius 1 is 1.17 bits per heavy atom. The molecule has 100 valence electrons. The summed E-state index contributed by atoms with van der Waals surface area (Å²) in [6.45, 7) is 8.19. The number of likely N-dealkylation sites (N-methyl/N-ethyl adjacent to an activating group) is 1. The van der Waals surface area contributed by atoms with Gasteiger partial charge in [-0.1, -0.05) is 25.4 Å². The van der Waals surface area contributed by atoms with E-state index in [0.29, 0.717) is 11.1 Å². The second kappa shape index (κ2) is 5.72. The van der Waals surface area contributed by atoms with Crippen LogP contribution in [0.1, 0.15) is 25.5 Å². The molecule has 0 aliphatic carbocycles. The van der Waals surface area contributed by atoms with Gasteiger partial charge in [0.1, 0.15) is 5.15 Å². The topological polar surface area (TPSA) is 32.3 Å². The summed E-state index contributed by atoms with van der Waals surface area (Å²) in [5, 5.41) is 0.502. The van der Waals surface area contributed by atoms with Gasteiger partial charge in [0.15, 0.2) is 0 Å². The fourth-order valence-electron chi connectivity index (χ4n) is 1.95. The van der Waals surface area contributed by atoms with Crippen molar-refractivity contribution in [2.45, 2.75) is 19.8 Å². The third-order valence-corrected chi connectivity index (χ3v) is 4.44. The van der Waals surface area contributed by atoms with Crippen molar-refractivity contribution >= 4 is 33.5 Å². The monoisotopic (exact) mass is 332 g/mol. The highest BCUT2D eigenvalue weighted by Gasteiger charge is 2.20. The van der Waals surface area contributed by atoms with E-state index in [-0.39, 0.29) is 0 Å². The molecule has 0 spiro atoms. The first kappa shape index (κ1) is 14.0. The van der Waals surface area contributed by atoms with Gasteiger partial charge in [0.25, 0.3) is 0 Å². The molecule has 1 aromatic rings. The van der Waals surface area contributed by atoms with E-state index < -0.39 is 0 Å². The molecular formula is C12H18BrClN4. The highest BCUT2D eigenvalue weighted by atomic mass is 79.9. The smallest absolute Gasteiger partial charge is 0.227 e. The maximum atomic E-state index is 6.18. The first-order valence-corrected chi connectivity index (χ1v) is 7.32. The molecule has 2 rings (SSSR count). The van der Waals surface area contributed by atoms with E-state index in [4.69, 9.17) is 11.6 Å². The van der Waals surface area contributed by atoms with Gasteiger partial charge < -0.3 is 9.80 Å². The normalized spacial score (nSPS) is 17.6. The van der Waals surface area contributed by atoms with E-state index >= 15 is 0 Å². The van der Waals surface area contributed by atoms with Gasteiger partial charge in [-0.15, -0.1) is 0 Å². The van der Waals surface area contributed by atoms with Crippen molar-refractivity contribution in [3.8, 4) is 0 Å². The zero-order valence-corrected chi connectivity index (χ0v) is 13.3. The van der Waals surface area contributed by atoms with Crippen molar-refractivity contribution in [1.29, 1.82) is 0 Å². The molecule has 6 heteroatoms. The Bertz CT molecular complexity index is 430. The average molecular weight is 334 g/mol. The van der Waals surface area contributed by atoms with Crippen LogP contribution >= 0.6 is 27.5 Å². The van der Waals surface area contributed by atoms with E-state index in [9.17, 15) is 0 Å². The fourth-order valence-corrected chi connectivity index (χ4v) is 2.76. The summed E-state index contributed by atoms with van der Waals surface area (Å²) in [7, 11) is 2.13. The van der Waals surface area contributed by atoms with Crippen LogP contribution < -0.4 is 4.90 Å². The van der Waals surface area contributed by atoms with Crippen LogP contribution in [0, 0.1) is 0 Å². The third kappa shape index (κ3) is 2.95. The summed E-state index contributed by atoms with van der Waals surface area (Å²) in [5.74, 6) is 1.08. The lowest BCUT2D eigenvalue weighted by atomic mass is 10.1. The first-order chi connectivity index (χ1) is 8.49. The van der Waals surface area contributed by atoms with E-state index in [0.717, 1.165) is 42.3 Å². The van der Waals surface area contributed by atoms with Crippen LogP contribution in [0.5, 0.6) is 0 Å². The molecule has 0 bridgehead atoms. The Hall–Kier alpha value is -0.390. The van der Waals surface area contributed by atoms with Crippen LogP contribution in [-0.4, -0.2) is 48.1 Å². The number of hydrogen-bond acceptors (Lipinski definition) is 4. The van der Waals surface area contributed by atoms with Crippen molar-refractivity contribution in [2.24, 2.45) is 0 Å². The molecule has 0 atom stereocenters. The van der Waals surface area contributed by atoms with Crippen LogP contribution in [0.3, 0.4) is 0 Å². The van der Waals surface area contributed by atoms with Crippen molar-refractivity contribution < 1.29 is 0 Å². The van der Waals surface area contributed by atoms with E-state index in [1.54, 1.807) is 0 Å². The molecule has 0 unspecified atom stereocenters. The number of aromatic nitrogens is 2. The second-order valence-electron chi connectivity index (χ2n) is 4.96. The molecule has 0 saturated carbocycles. The largest absolute Gasteiger partial charge is 0.338 e. The molecule has 18 heavy (non-hydrogen) atoms. The summed E-state index contributed by atoms with van der Waals surface area (Å²) in [4.78, 5) is 13.5. The summed E-state index contributed by atoms with van der Waals surface area (Å²) in [6, 6.07) is 0. The maximum absolute atomic E-state index is 6.18. The van der Waals surface area contributed by atoms with Crippen LogP contribution in [-0.2, 0) is 0 Å². The Balaban J connectivity index is 2.28. The predicted octanol–water partition coefficient (Wildman–Crippen LogP) is 2.77. The van der Waals surface area contributed by atoms with Crippen LogP contribution in [0.2, 0.25) is 5.15 Å². The molecule has 2 heterocycles. The van der Waals surface area contributed by atoms with Crippen molar-refractivity contribution in [3.63, 3.8) is 0 Å². The lowest BCUT2D eigenvalue weighted by Crippen LogP contribution is -2.45. The van der Waals surface area contributed by atoms with Gasteiger partial charge in [-0.05, 0) is 28.9 Å². The summed E-state index contributed by atoms with van der Waals surface area (Å²) in [5.41, 5.74) is 0.976. The van der Waals surface area contributed by atoms with Gasteiger partial charge in [0, 0.05) is 26.2 Å². The standard InChI is InChI=1S/C12H18BrClN4/c1-8(2)10-9(13)11(14)16-12(15-10)18-6-4-17(3)5-7-18/h8H,4-7H2,1-3H3. The fraction of sp³-hybridized carbons (Fsp3) is 0.667. The zero-order valence-electron chi connectivity index (χ0n) is 11.0. The summed E-state index contributed by atoms with van der Waals surface area (Å²) < 4.78 is 0.817. The molecular weight excluding hydrogens is 316 g/mol. The zero-order chi connectivity index (χ0) is 13.3. The van der Waals surface area contributed by atoms with E-state index in [2.05, 4.69) is 56.6 Å².